The molecule has 0 radical (unpaired) electrons. The van der Waals surface area contributed by atoms with Gasteiger partial charge >= 0.3 is 0 Å². The molecule has 0 saturated carbocycles. The first kappa shape index (κ1) is 26.4. The number of nitrogens with one attached hydrogen (secondary N) is 2. The lowest BCUT2D eigenvalue weighted by Gasteiger charge is -2.20. The zero-order valence-electron chi connectivity index (χ0n) is 21.3. The summed E-state index contributed by atoms with van der Waals surface area (Å²) in [5, 5.41) is 3.61. The van der Waals surface area contributed by atoms with E-state index in [1.165, 1.54) is 18.5 Å². The van der Waals surface area contributed by atoms with E-state index in [4.69, 9.17) is 20.4 Å². The van der Waals surface area contributed by atoms with Gasteiger partial charge in [-0.3, -0.25) is 9.59 Å². The fourth-order valence-electron chi connectivity index (χ4n) is 4.47. The van der Waals surface area contributed by atoms with Gasteiger partial charge in [0.05, 0.1) is 23.4 Å². The number of amides is 1. The number of para-hydroxylation sites is 1. The SMILES string of the molecule is Cc1cc(C(C)Nc2ccc(Cl)nc2C(=O)NS(C)(=O)=O)c2oc(-c3cccc4ocnc34)c(C)c(=O)c2c1. The molecule has 2 aromatic carbocycles. The summed E-state index contributed by atoms with van der Waals surface area (Å²) < 4.78 is 37.0. The second-order valence-electron chi connectivity index (χ2n) is 9.22. The van der Waals surface area contributed by atoms with E-state index in [-0.39, 0.29) is 22.0 Å². The number of carbonyl (C=O) groups is 1. The van der Waals surface area contributed by atoms with E-state index in [1.807, 2.05) is 30.7 Å². The van der Waals surface area contributed by atoms with Crippen molar-refractivity contribution in [2.24, 2.45) is 0 Å². The molecule has 1 unspecified atom stereocenters. The number of halogens is 1. The molecule has 3 aromatic heterocycles. The molecule has 10 nitrogen and oxygen atoms in total. The molecular weight excluding hydrogens is 544 g/mol. The number of pyridine rings is 1. The number of carbonyl (C=O) groups excluding carboxylic acids is 1. The van der Waals surface area contributed by atoms with Crippen LogP contribution >= 0.6 is 11.6 Å². The van der Waals surface area contributed by atoms with Gasteiger partial charge in [-0.15, -0.1) is 0 Å². The van der Waals surface area contributed by atoms with E-state index in [2.05, 4.69) is 15.3 Å². The monoisotopic (exact) mass is 566 g/mol. The first-order valence-corrected chi connectivity index (χ1v) is 14.1. The Balaban J connectivity index is 1.65. The maximum atomic E-state index is 13.5. The molecule has 5 aromatic rings. The Morgan fingerprint density at radius 1 is 1.13 bits per heavy atom. The highest BCUT2D eigenvalue weighted by molar-refractivity contribution is 7.89. The minimum absolute atomic E-state index is 0.0148. The molecule has 39 heavy (non-hydrogen) atoms. The summed E-state index contributed by atoms with van der Waals surface area (Å²) >= 11 is 6.00. The second kappa shape index (κ2) is 9.83. The molecule has 12 heteroatoms. The predicted molar refractivity (Wildman–Crippen MR) is 149 cm³/mol. The minimum Gasteiger partial charge on any atom is -0.455 e. The summed E-state index contributed by atoms with van der Waals surface area (Å²) in [5.74, 6) is -0.570. The Bertz CT molecular complexity index is 1950. The topological polar surface area (TPSA) is 144 Å². The van der Waals surface area contributed by atoms with Crippen molar-refractivity contribution in [2.45, 2.75) is 26.8 Å². The summed E-state index contributed by atoms with van der Waals surface area (Å²) in [6, 6.07) is 11.5. The first-order valence-electron chi connectivity index (χ1n) is 11.8. The number of hydrogen-bond acceptors (Lipinski definition) is 9. The van der Waals surface area contributed by atoms with Crippen LogP contribution in [0.2, 0.25) is 5.15 Å². The summed E-state index contributed by atoms with van der Waals surface area (Å²) in [4.78, 5) is 34.5. The van der Waals surface area contributed by atoms with Crippen LogP contribution in [0.3, 0.4) is 0 Å². The molecule has 2 N–H and O–H groups in total. The van der Waals surface area contributed by atoms with Gasteiger partial charge in [0.1, 0.15) is 22.0 Å². The number of oxazole rings is 1. The van der Waals surface area contributed by atoms with Gasteiger partial charge in [0.15, 0.2) is 23.1 Å². The van der Waals surface area contributed by atoms with Crippen LogP contribution in [-0.2, 0) is 10.0 Å². The fraction of sp³-hybridized carbons (Fsp3) is 0.185. The molecule has 1 atom stereocenters. The Kier molecular flexibility index (Phi) is 6.65. The van der Waals surface area contributed by atoms with E-state index in [0.717, 1.165) is 11.8 Å². The van der Waals surface area contributed by atoms with E-state index in [1.54, 1.807) is 25.1 Å². The highest BCUT2D eigenvalue weighted by Gasteiger charge is 2.23. The van der Waals surface area contributed by atoms with Crippen LogP contribution in [0.4, 0.5) is 5.69 Å². The highest BCUT2D eigenvalue weighted by atomic mass is 35.5. The smallest absolute Gasteiger partial charge is 0.285 e. The van der Waals surface area contributed by atoms with Gasteiger partial charge in [-0.1, -0.05) is 23.7 Å². The molecule has 0 spiro atoms. The standard InChI is InChI=1S/C27H23ClN4O6S/c1-13-10-17(15(3)30-19-8-9-21(28)31-23(19)27(34)32-39(4,35)36)26-18(11-13)24(33)14(2)25(38-26)16-6-5-7-20-22(16)29-12-37-20/h5-12,15,30H,1-4H3,(H,32,34). The lowest BCUT2D eigenvalue weighted by Crippen LogP contribution is -2.31. The van der Waals surface area contributed by atoms with E-state index < -0.39 is 22.0 Å². The molecule has 0 bridgehead atoms. The number of sulfonamides is 1. The van der Waals surface area contributed by atoms with Crippen molar-refractivity contribution in [1.29, 1.82) is 0 Å². The zero-order chi connectivity index (χ0) is 28.1. The van der Waals surface area contributed by atoms with Crippen LogP contribution in [0, 0.1) is 13.8 Å². The number of anilines is 1. The van der Waals surface area contributed by atoms with Crippen molar-refractivity contribution in [2.75, 3.05) is 11.6 Å². The Morgan fingerprint density at radius 2 is 1.90 bits per heavy atom. The van der Waals surface area contributed by atoms with Crippen LogP contribution in [-0.4, -0.2) is 30.5 Å². The summed E-state index contributed by atoms with van der Waals surface area (Å²) in [7, 11) is -3.84. The van der Waals surface area contributed by atoms with Crippen molar-refractivity contribution in [3.63, 3.8) is 0 Å². The van der Waals surface area contributed by atoms with Crippen LogP contribution in [0.25, 0.3) is 33.4 Å². The maximum Gasteiger partial charge on any atom is 0.285 e. The van der Waals surface area contributed by atoms with Gasteiger partial charge < -0.3 is 14.2 Å². The van der Waals surface area contributed by atoms with Gasteiger partial charge in [-0.2, -0.15) is 0 Å². The molecular formula is C27H23ClN4O6S. The average molecular weight is 567 g/mol. The largest absolute Gasteiger partial charge is 0.455 e. The van der Waals surface area contributed by atoms with Crippen molar-refractivity contribution in [3.05, 3.63) is 86.6 Å². The second-order valence-corrected chi connectivity index (χ2v) is 11.4. The van der Waals surface area contributed by atoms with Crippen LogP contribution in [0.5, 0.6) is 0 Å². The van der Waals surface area contributed by atoms with Crippen molar-refractivity contribution >= 4 is 55.3 Å². The predicted octanol–water partition coefficient (Wildman–Crippen LogP) is 5.13. The number of nitrogens with zero attached hydrogens (tertiary/aromatic N) is 2. The summed E-state index contributed by atoms with van der Waals surface area (Å²) in [6.45, 7) is 5.39. The number of benzene rings is 2. The van der Waals surface area contributed by atoms with Gasteiger partial charge in [-0.25, -0.2) is 23.1 Å². The fourth-order valence-corrected chi connectivity index (χ4v) is 5.05. The maximum absolute atomic E-state index is 13.5. The molecule has 0 saturated heterocycles. The third-order valence-corrected chi connectivity index (χ3v) is 6.96. The Morgan fingerprint density at radius 3 is 2.64 bits per heavy atom. The normalized spacial score (nSPS) is 12.5. The average Bonchev–Trinajstić information content (AvgIpc) is 3.35. The zero-order valence-corrected chi connectivity index (χ0v) is 22.9. The third kappa shape index (κ3) is 5.10. The van der Waals surface area contributed by atoms with Crippen LogP contribution in [0.15, 0.2) is 62.5 Å². The number of rotatable bonds is 6. The number of hydrogen-bond donors (Lipinski definition) is 2. The molecule has 0 aliphatic heterocycles. The lowest BCUT2D eigenvalue weighted by atomic mass is 9.98. The quantitative estimate of drug-likeness (QED) is 0.267. The summed E-state index contributed by atoms with van der Waals surface area (Å²) in [5.41, 5.74) is 3.84. The van der Waals surface area contributed by atoms with Crippen molar-refractivity contribution < 1.29 is 22.0 Å². The molecule has 200 valence electrons. The molecule has 0 aliphatic rings. The number of fused-ring (bicyclic) bond motifs is 2. The Hall–Kier alpha value is -4.22. The van der Waals surface area contributed by atoms with Gasteiger partial charge in [0.2, 0.25) is 10.0 Å². The number of aromatic nitrogens is 2. The summed E-state index contributed by atoms with van der Waals surface area (Å²) in [6.07, 6.45) is 2.20. The van der Waals surface area contributed by atoms with Gasteiger partial charge in [0, 0.05) is 16.7 Å². The third-order valence-electron chi connectivity index (χ3n) is 6.19. The lowest BCUT2D eigenvalue weighted by molar-refractivity contribution is 0.0977. The van der Waals surface area contributed by atoms with Crippen molar-refractivity contribution in [1.82, 2.24) is 14.7 Å². The van der Waals surface area contributed by atoms with E-state index in [9.17, 15) is 18.0 Å². The van der Waals surface area contributed by atoms with Crippen LogP contribution < -0.4 is 15.5 Å². The van der Waals surface area contributed by atoms with Gasteiger partial charge in [-0.05, 0) is 56.7 Å². The molecule has 0 fully saturated rings. The van der Waals surface area contributed by atoms with E-state index in [0.29, 0.717) is 44.5 Å². The van der Waals surface area contributed by atoms with Gasteiger partial charge in [0.25, 0.3) is 5.91 Å². The Labute approximate surface area is 228 Å². The molecule has 1 amide bonds. The molecule has 5 rings (SSSR count). The minimum atomic E-state index is -3.84. The first-order chi connectivity index (χ1) is 18.4. The molecule has 0 aliphatic carbocycles. The van der Waals surface area contributed by atoms with E-state index >= 15 is 0 Å². The number of aryl methyl sites for hydroxylation is 1. The van der Waals surface area contributed by atoms with Crippen molar-refractivity contribution in [3.8, 4) is 11.3 Å². The van der Waals surface area contributed by atoms with Crippen LogP contribution in [0.1, 0.15) is 40.1 Å². The highest BCUT2D eigenvalue weighted by Crippen LogP contribution is 2.35. The molecule has 3 heterocycles.